The molecule has 3 atom stereocenters. The smallest absolute Gasteiger partial charge is 0.251 e. The van der Waals surface area contributed by atoms with Crippen LogP contribution in [0.4, 0.5) is 0 Å². The zero-order valence-corrected chi connectivity index (χ0v) is 11.4. The second kappa shape index (κ2) is 4.32. The maximum Gasteiger partial charge on any atom is 0.251 e. The van der Waals surface area contributed by atoms with E-state index in [1.807, 2.05) is 18.2 Å². The summed E-state index contributed by atoms with van der Waals surface area (Å²) in [5, 5.41) is 9.95. The molecule has 3 nitrogen and oxygen atoms in total. The largest absolute Gasteiger partial charge is 0.348 e. The molecule has 98 valence electrons. The highest BCUT2D eigenvalue weighted by atomic mass is 32.1. The molecule has 2 aromatic rings. The molecule has 0 saturated carbocycles. The molecule has 2 aliphatic heterocycles. The summed E-state index contributed by atoms with van der Waals surface area (Å²) in [5.74, 6) is 0.0625. The minimum atomic E-state index is 0.0625. The first kappa shape index (κ1) is 11.4. The summed E-state index contributed by atoms with van der Waals surface area (Å²) in [4.78, 5) is 12.3. The predicted molar refractivity (Wildman–Crippen MR) is 77.6 cm³/mol. The molecule has 4 rings (SSSR count). The summed E-state index contributed by atoms with van der Waals surface area (Å²) in [6.45, 7) is 0. The Morgan fingerprint density at radius 3 is 3.05 bits per heavy atom. The third-order valence-corrected chi connectivity index (χ3v) is 5.23. The van der Waals surface area contributed by atoms with Gasteiger partial charge in [-0.05, 0) is 54.3 Å². The first-order chi connectivity index (χ1) is 9.29. The molecule has 0 spiro atoms. The van der Waals surface area contributed by atoms with Gasteiger partial charge < -0.3 is 10.6 Å². The van der Waals surface area contributed by atoms with E-state index < -0.39 is 0 Å². The van der Waals surface area contributed by atoms with Crippen molar-refractivity contribution in [1.82, 2.24) is 10.6 Å². The fourth-order valence-corrected chi connectivity index (χ4v) is 4.11. The second-order valence-electron chi connectivity index (χ2n) is 5.54. The number of thiophene rings is 1. The van der Waals surface area contributed by atoms with Gasteiger partial charge in [0.15, 0.2) is 0 Å². The van der Waals surface area contributed by atoms with E-state index in [0.29, 0.717) is 18.1 Å². The van der Waals surface area contributed by atoms with Gasteiger partial charge in [-0.1, -0.05) is 0 Å². The van der Waals surface area contributed by atoms with E-state index in [9.17, 15) is 4.79 Å². The maximum atomic E-state index is 12.3. The Morgan fingerprint density at radius 2 is 2.26 bits per heavy atom. The van der Waals surface area contributed by atoms with Crippen LogP contribution in [0.15, 0.2) is 29.6 Å². The standard InChI is InChI=1S/C15H16N2OS/c18-15(17-13-8-11-2-3-12(13)16-11)10-1-4-14-9(7-10)5-6-19-14/h1,4-7,11-13,16H,2-3,8H2,(H,17,18). The lowest BCUT2D eigenvalue weighted by atomic mass is 9.95. The first-order valence-electron chi connectivity index (χ1n) is 6.84. The van der Waals surface area contributed by atoms with Crippen LogP contribution in [0.3, 0.4) is 0 Å². The predicted octanol–water partition coefficient (Wildman–Crippen LogP) is 2.52. The minimum Gasteiger partial charge on any atom is -0.348 e. The minimum absolute atomic E-state index is 0.0625. The van der Waals surface area contributed by atoms with Crippen LogP contribution in [0.5, 0.6) is 0 Å². The lowest BCUT2D eigenvalue weighted by Gasteiger charge is -2.21. The number of amides is 1. The summed E-state index contributed by atoms with van der Waals surface area (Å²) in [7, 11) is 0. The molecule has 2 N–H and O–H groups in total. The molecule has 2 saturated heterocycles. The van der Waals surface area contributed by atoms with E-state index in [2.05, 4.69) is 22.1 Å². The van der Waals surface area contributed by atoms with E-state index in [4.69, 9.17) is 0 Å². The van der Waals surface area contributed by atoms with E-state index in [1.165, 1.54) is 17.5 Å². The summed E-state index contributed by atoms with van der Waals surface area (Å²) in [5.41, 5.74) is 0.772. The van der Waals surface area contributed by atoms with E-state index in [1.54, 1.807) is 11.3 Å². The van der Waals surface area contributed by atoms with E-state index in [-0.39, 0.29) is 5.91 Å². The average molecular weight is 272 g/mol. The van der Waals surface area contributed by atoms with Crippen molar-refractivity contribution in [3.8, 4) is 0 Å². The lowest BCUT2D eigenvalue weighted by Crippen LogP contribution is -2.42. The van der Waals surface area contributed by atoms with Crippen molar-refractivity contribution in [3.63, 3.8) is 0 Å². The van der Waals surface area contributed by atoms with Crippen LogP contribution >= 0.6 is 11.3 Å². The van der Waals surface area contributed by atoms with Gasteiger partial charge in [0.2, 0.25) is 0 Å². The van der Waals surface area contributed by atoms with Crippen LogP contribution in [0.25, 0.3) is 10.1 Å². The Balaban J connectivity index is 1.53. The van der Waals surface area contributed by atoms with Gasteiger partial charge in [-0.2, -0.15) is 0 Å². The van der Waals surface area contributed by atoms with Crippen LogP contribution in [0, 0.1) is 0 Å². The molecule has 0 radical (unpaired) electrons. The van der Waals surface area contributed by atoms with Crippen LogP contribution in [-0.2, 0) is 0 Å². The molecule has 0 aliphatic carbocycles. The maximum absolute atomic E-state index is 12.3. The SMILES string of the molecule is O=C(NC1CC2CCC1N2)c1ccc2sccc2c1. The summed E-state index contributed by atoms with van der Waals surface area (Å²) in [6, 6.07) is 9.43. The molecule has 2 aliphatic rings. The fourth-order valence-electron chi connectivity index (χ4n) is 3.34. The molecule has 4 heteroatoms. The van der Waals surface area contributed by atoms with Gasteiger partial charge >= 0.3 is 0 Å². The number of hydrogen-bond acceptors (Lipinski definition) is 3. The summed E-state index contributed by atoms with van der Waals surface area (Å²) in [6.07, 6.45) is 3.54. The fraction of sp³-hybridized carbons (Fsp3) is 0.400. The molecule has 3 heterocycles. The number of fused-ring (bicyclic) bond motifs is 3. The van der Waals surface area contributed by atoms with Crippen LogP contribution in [0.1, 0.15) is 29.6 Å². The average Bonchev–Trinajstić information content (AvgIpc) is 3.13. The zero-order valence-electron chi connectivity index (χ0n) is 10.6. The van der Waals surface area contributed by atoms with Crippen molar-refractivity contribution in [2.75, 3.05) is 0 Å². The number of rotatable bonds is 2. The van der Waals surface area contributed by atoms with Gasteiger partial charge in [0.25, 0.3) is 5.91 Å². The molecular weight excluding hydrogens is 256 g/mol. The molecule has 2 bridgehead atoms. The van der Waals surface area contributed by atoms with Gasteiger partial charge in [-0.15, -0.1) is 11.3 Å². The Hall–Kier alpha value is -1.39. The zero-order chi connectivity index (χ0) is 12.8. The van der Waals surface area contributed by atoms with Crippen molar-refractivity contribution in [3.05, 3.63) is 35.2 Å². The molecule has 1 amide bonds. The second-order valence-corrected chi connectivity index (χ2v) is 6.48. The van der Waals surface area contributed by atoms with Crippen molar-refractivity contribution < 1.29 is 4.79 Å². The molecule has 1 aromatic carbocycles. The van der Waals surface area contributed by atoms with Crippen molar-refractivity contribution in [2.45, 2.75) is 37.4 Å². The third-order valence-electron chi connectivity index (χ3n) is 4.33. The van der Waals surface area contributed by atoms with Crippen LogP contribution in [-0.4, -0.2) is 24.0 Å². The van der Waals surface area contributed by atoms with E-state index >= 15 is 0 Å². The Kier molecular flexibility index (Phi) is 2.60. The Bertz CT molecular complexity index is 636. The summed E-state index contributed by atoms with van der Waals surface area (Å²) >= 11 is 1.71. The molecular formula is C15H16N2OS. The van der Waals surface area contributed by atoms with E-state index in [0.717, 1.165) is 17.4 Å². The topological polar surface area (TPSA) is 41.1 Å². The first-order valence-corrected chi connectivity index (χ1v) is 7.72. The molecule has 3 unspecified atom stereocenters. The van der Waals surface area contributed by atoms with Gasteiger partial charge in [0.05, 0.1) is 0 Å². The number of nitrogens with one attached hydrogen (secondary N) is 2. The molecule has 2 fully saturated rings. The Labute approximate surface area is 116 Å². The van der Waals surface area contributed by atoms with Gasteiger partial charge in [0, 0.05) is 28.4 Å². The third kappa shape index (κ3) is 1.95. The van der Waals surface area contributed by atoms with Gasteiger partial charge in [0.1, 0.15) is 0 Å². The number of carbonyl (C=O) groups is 1. The number of benzene rings is 1. The van der Waals surface area contributed by atoms with Crippen molar-refractivity contribution >= 4 is 27.3 Å². The number of hydrogen-bond donors (Lipinski definition) is 2. The molecule has 1 aromatic heterocycles. The normalized spacial score (nSPS) is 28.9. The van der Waals surface area contributed by atoms with Gasteiger partial charge in [-0.3, -0.25) is 4.79 Å². The van der Waals surface area contributed by atoms with Crippen LogP contribution in [0.2, 0.25) is 0 Å². The van der Waals surface area contributed by atoms with Gasteiger partial charge in [-0.25, -0.2) is 0 Å². The summed E-state index contributed by atoms with van der Waals surface area (Å²) < 4.78 is 1.23. The Morgan fingerprint density at radius 1 is 1.32 bits per heavy atom. The van der Waals surface area contributed by atoms with Crippen LogP contribution < -0.4 is 10.6 Å². The molecule has 19 heavy (non-hydrogen) atoms. The lowest BCUT2D eigenvalue weighted by molar-refractivity contribution is 0.0931. The quantitative estimate of drug-likeness (QED) is 0.882. The number of carbonyl (C=O) groups excluding carboxylic acids is 1. The monoisotopic (exact) mass is 272 g/mol. The van der Waals surface area contributed by atoms with Crippen molar-refractivity contribution in [2.24, 2.45) is 0 Å². The van der Waals surface area contributed by atoms with Crippen molar-refractivity contribution in [1.29, 1.82) is 0 Å². The highest BCUT2D eigenvalue weighted by Crippen LogP contribution is 2.28. The highest BCUT2D eigenvalue weighted by molar-refractivity contribution is 7.17. The highest BCUT2D eigenvalue weighted by Gasteiger charge is 2.39.